The highest BCUT2D eigenvalue weighted by molar-refractivity contribution is 5.74. The number of nitrogens with one attached hydrogen (secondary N) is 1. The van der Waals surface area contributed by atoms with Gasteiger partial charge >= 0.3 is 12.0 Å². The Labute approximate surface area is 114 Å². The third-order valence-electron chi connectivity index (χ3n) is 3.49. The van der Waals surface area contributed by atoms with Crippen molar-refractivity contribution in [1.82, 2.24) is 10.2 Å². The van der Waals surface area contributed by atoms with Crippen molar-refractivity contribution in [3.05, 3.63) is 0 Å². The normalized spacial score (nSPS) is 18.1. The number of hydrogen-bond acceptors (Lipinski definition) is 3. The largest absolute Gasteiger partial charge is 0.481 e. The molecule has 6 nitrogen and oxygen atoms in total. The fourth-order valence-corrected chi connectivity index (χ4v) is 2.26. The summed E-state index contributed by atoms with van der Waals surface area (Å²) in [7, 11) is 1.64. The van der Waals surface area contributed by atoms with Crippen LogP contribution in [0.3, 0.4) is 0 Å². The smallest absolute Gasteiger partial charge is 0.317 e. The van der Waals surface area contributed by atoms with Crippen LogP contribution in [0, 0.1) is 5.92 Å². The molecule has 2 amide bonds. The molecule has 0 radical (unpaired) electrons. The van der Waals surface area contributed by atoms with E-state index in [9.17, 15) is 9.59 Å². The Morgan fingerprint density at radius 1 is 1.42 bits per heavy atom. The van der Waals surface area contributed by atoms with Gasteiger partial charge in [0.2, 0.25) is 0 Å². The van der Waals surface area contributed by atoms with Gasteiger partial charge in [0.25, 0.3) is 0 Å². The summed E-state index contributed by atoms with van der Waals surface area (Å²) in [6.45, 7) is 3.86. The summed E-state index contributed by atoms with van der Waals surface area (Å²) in [5.41, 5.74) is 0. The van der Waals surface area contributed by atoms with Gasteiger partial charge in [0.15, 0.2) is 0 Å². The SMILES string of the molecule is COCCC(C)NC(=O)N1CCC(CC(=O)O)CC1. The van der Waals surface area contributed by atoms with Crippen LogP contribution >= 0.6 is 0 Å². The first-order chi connectivity index (χ1) is 9.02. The van der Waals surface area contributed by atoms with E-state index in [0.29, 0.717) is 19.7 Å². The fourth-order valence-electron chi connectivity index (χ4n) is 2.26. The summed E-state index contributed by atoms with van der Waals surface area (Å²) >= 11 is 0. The molecule has 1 rings (SSSR count). The number of urea groups is 1. The highest BCUT2D eigenvalue weighted by atomic mass is 16.5. The van der Waals surface area contributed by atoms with Crippen LogP contribution in [-0.4, -0.2) is 54.9 Å². The van der Waals surface area contributed by atoms with Crippen molar-refractivity contribution in [2.24, 2.45) is 5.92 Å². The maximum atomic E-state index is 12.0. The quantitative estimate of drug-likeness (QED) is 0.764. The second-order valence-electron chi connectivity index (χ2n) is 5.16. The van der Waals surface area contributed by atoms with Crippen LogP contribution in [0.2, 0.25) is 0 Å². The Balaban J connectivity index is 2.26. The molecule has 2 N–H and O–H groups in total. The number of hydrogen-bond donors (Lipinski definition) is 2. The molecule has 1 unspecified atom stereocenters. The Bertz CT molecular complexity index is 301. The van der Waals surface area contributed by atoms with E-state index in [4.69, 9.17) is 9.84 Å². The molecule has 1 heterocycles. The zero-order valence-electron chi connectivity index (χ0n) is 11.7. The van der Waals surface area contributed by atoms with Gasteiger partial charge in [-0.05, 0) is 32.1 Å². The van der Waals surface area contributed by atoms with E-state index >= 15 is 0 Å². The molecule has 1 aliphatic rings. The van der Waals surface area contributed by atoms with E-state index < -0.39 is 5.97 Å². The first kappa shape index (κ1) is 15.8. The predicted octanol–water partition coefficient (Wildman–Crippen LogP) is 1.31. The lowest BCUT2D eigenvalue weighted by Gasteiger charge is -2.32. The number of amides is 2. The molecule has 0 spiro atoms. The molecule has 1 fully saturated rings. The maximum Gasteiger partial charge on any atom is 0.317 e. The van der Waals surface area contributed by atoms with Crippen molar-refractivity contribution in [2.45, 2.75) is 38.6 Å². The molecule has 1 atom stereocenters. The van der Waals surface area contributed by atoms with Crippen LogP contribution in [0.25, 0.3) is 0 Å². The van der Waals surface area contributed by atoms with Crippen molar-refractivity contribution in [2.75, 3.05) is 26.8 Å². The number of aliphatic carboxylic acids is 1. The van der Waals surface area contributed by atoms with E-state index in [-0.39, 0.29) is 24.4 Å². The molecule has 1 saturated heterocycles. The molecular weight excluding hydrogens is 248 g/mol. The summed E-state index contributed by atoms with van der Waals surface area (Å²) in [6, 6.07) is 0.0292. The minimum absolute atomic E-state index is 0.0580. The monoisotopic (exact) mass is 272 g/mol. The van der Waals surface area contributed by atoms with Crippen LogP contribution in [-0.2, 0) is 9.53 Å². The Morgan fingerprint density at radius 2 is 2.05 bits per heavy atom. The highest BCUT2D eigenvalue weighted by Gasteiger charge is 2.24. The number of likely N-dealkylation sites (tertiary alicyclic amines) is 1. The van der Waals surface area contributed by atoms with Gasteiger partial charge in [-0.1, -0.05) is 0 Å². The van der Waals surface area contributed by atoms with Crippen LogP contribution < -0.4 is 5.32 Å². The van der Waals surface area contributed by atoms with Gasteiger partial charge in [-0.25, -0.2) is 4.79 Å². The zero-order chi connectivity index (χ0) is 14.3. The predicted molar refractivity (Wildman–Crippen MR) is 71.0 cm³/mol. The minimum Gasteiger partial charge on any atom is -0.481 e. The number of carbonyl (C=O) groups excluding carboxylic acids is 1. The molecule has 1 aliphatic heterocycles. The summed E-state index contributed by atoms with van der Waals surface area (Å²) < 4.78 is 4.97. The van der Waals surface area contributed by atoms with Crippen molar-refractivity contribution in [3.8, 4) is 0 Å². The Morgan fingerprint density at radius 3 is 2.58 bits per heavy atom. The third kappa shape index (κ3) is 5.92. The number of carboxylic acids is 1. The summed E-state index contributed by atoms with van der Waals surface area (Å²) in [4.78, 5) is 24.3. The molecule has 6 heteroatoms. The molecule has 0 saturated carbocycles. The number of nitrogens with zero attached hydrogens (tertiary/aromatic N) is 1. The Kier molecular flexibility index (Phi) is 6.62. The average Bonchev–Trinajstić information content (AvgIpc) is 2.36. The number of methoxy groups -OCH3 is 1. The molecule has 0 aromatic heterocycles. The van der Waals surface area contributed by atoms with Gasteiger partial charge in [-0.3, -0.25) is 4.79 Å². The van der Waals surface area contributed by atoms with Crippen LogP contribution in [0.4, 0.5) is 4.79 Å². The third-order valence-corrected chi connectivity index (χ3v) is 3.49. The second kappa shape index (κ2) is 7.99. The van der Waals surface area contributed by atoms with E-state index in [1.165, 1.54) is 0 Å². The molecule has 19 heavy (non-hydrogen) atoms. The Hall–Kier alpha value is -1.30. The standard InChI is InChI=1S/C13H24N2O4/c1-10(5-8-19-2)14-13(18)15-6-3-11(4-7-15)9-12(16)17/h10-11H,3-9H2,1-2H3,(H,14,18)(H,16,17). The number of piperidine rings is 1. The topological polar surface area (TPSA) is 78.9 Å². The molecule has 110 valence electrons. The van der Waals surface area contributed by atoms with Gasteiger partial charge in [-0.2, -0.15) is 0 Å². The maximum absolute atomic E-state index is 12.0. The fraction of sp³-hybridized carbons (Fsp3) is 0.846. The van der Waals surface area contributed by atoms with Gasteiger partial charge in [0.05, 0.1) is 0 Å². The van der Waals surface area contributed by atoms with Gasteiger partial charge in [-0.15, -0.1) is 0 Å². The lowest BCUT2D eigenvalue weighted by Crippen LogP contribution is -2.47. The van der Waals surface area contributed by atoms with Crippen LogP contribution in [0.15, 0.2) is 0 Å². The molecule has 0 aromatic rings. The number of ether oxygens (including phenoxy) is 1. The van der Waals surface area contributed by atoms with Crippen molar-refractivity contribution in [3.63, 3.8) is 0 Å². The van der Waals surface area contributed by atoms with Gasteiger partial charge in [0.1, 0.15) is 0 Å². The van der Waals surface area contributed by atoms with Crippen molar-refractivity contribution < 1.29 is 19.4 Å². The minimum atomic E-state index is -0.754. The van der Waals surface area contributed by atoms with Gasteiger partial charge in [0, 0.05) is 39.3 Å². The molecule has 0 bridgehead atoms. The van der Waals surface area contributed by atoms with Crippen LogP contribution in [0.1, 0.15) is 32.6 Å². The second-order valence-corrected chi connectivity index (χ2v) is 5.16. The molecule has 0 aliphatic carbocycles. The number of rotatable bonds is 6. The lowest BCUT2D eigenvalue weighted by atomic mass is 9.94. The van der Waals surface area contributed by atoms with E-state index in [1.54, 1.807) is 12.0 Å². The first-order valence-corrected chi connectivity index (χ1v) is 6.79. The number of carboxylic acid groups (broad SMARTS) is 1. The summed E-state index contributed by atoms with van der Waals surface area (Å²) in [5.74, 6) is -0.552. The van der Waals surface area contributed by atoms with E-state index in [0.717, 1.165) is 19.3 Å². The zero-order valence-corrected chi connectivity index (χ0v) is 11.7. The van der Waals surface area contributed by atoms with Crippen LogP contribution in [0.5, 0.6) is 0 Å². The van der Waals surface area contributed by atoms with Gasteiger partial charge < -0.3 is 20.1 Å². The highest BCUT2D eigenvalue weighted by Crippen LogP contribution is 2.20. The first-order valence-electron chi connectivity index (χ1n) is 6.79. The molecule has 0 aromatic carbocycles. The molecular formula is C13H24N2O4. The number of carbonyl (C=O) groups is 2. The van der Waals surface area contributed by atoms with Crippen molar-refractivity contribution in [1.29, 1.82) is 0 Å². The van der Waals surface area contributed by atoms with E-state index in [2.05, 4.69) is 5.32 Å². The average molecular weight is 272 g/mol. The summed E-state index contributed by atoms with van der Waals surface area (Å²) in [6.07, 6.45) is 2.54. The lowest BCUT2D eigenvalue weighted by molar-refractivity contribution is -0.138. The van der Waals surface area contributed by atoms with Crippen molar-refractivity contribution >= 4 is 12.0 Å². The van der Waals surface area contributed by atoms with E-state index in [1.807, 2.05) is 6.92 Å². The summed E-state index contributed by atoms with van der Waals surface area (Å²) in [5, 5.41) is 11.7.